The number of hydrogen-bond acceptors (Lipinski definition) is 4. The van der Waals surface area contributed by atoms with Crippen LogP contribution in [0.1, 0.15) is 5.56 Å². The van der Waals surface area contributed by atoms with E-state index in [1.165, 1.54) is 0 Å². The maximum atomic E-state index is 14.9. The summed E-state index contributed by atoms with van der Waals surface area (Å²) in [6, 6.07) is 0.520. The first-order valence-electron chi connectivity index (χ1n) is 8.35. The Morgan fingerprint density at radius 1 is 0.576 bits per heavy atom. The van der Waals surface area contributed by atoms with Gasteiger partial charge >= 0.3 is 6.18 Å². The topological polar surface area (TPSA) is 70.5 Å². The Bertz CT molecular complexity index is 1260. The average Bonchev–Trinajstić information content (AvgIpc) is 2.74. The molecule has 0 heterocycles. The first-order chi connectivity index (χ1) is 15.2. The summed E-state index contributed by atoms with van der Waals surface area (Å²) in [6.07, 6.45) is -5.33. The molecule has 0 spiro atoms. The van der Waals surface area contributed by atoms with Crippen molar-refractivity contribution >= 4 is 11.4 Å². The van der Waals surface area contributed by atoms with Crippen LogP contribution in [0.3, 0.4) is 0 Å². The molecule has 3 rings (SSSR count). The summed E-state index contributed by atoms with van der Waals surface area (Å²) in [5, 5.41) is 0. The molecule has 33 heavy (non-hydrogen) atoms. The van der Waals surface area contributed by atoms with Crippen molar-refractivity contribution in [2.24, 2.45) is 0 Å². The van der Waals surface area contributed by atoms with E-state index in [4.69, 9.17) is 11.5 Å². The van der Waals surface area contributed by atoms with Gasteiger partial charge in [-0.1, -0.05) is 0 Å². The second-order valence-corrected chi connectivity index (χ2v) is 6.25. The van der Waals surface area contributed by atoms with Gasteiger partial charge in [0.25, 0.3) is 0 Å². The number of hydrogen-bond donors (Lipinski definition) is 2. The molecule has 0 radical (unpaired) electrons. The van der Waals surface area contributed by atoms with Crippen molar-refractivity contribution in [2.45, 2.75) is 6.18 Å². The van der Waals surface area contributed by atoms with Crippen LogP contribution in [-0.4, -0.2) is 0 Å². The van der Waals surface area contributed by atoms with Crippen LogP contribution in [0.15, 0.2) is 24.3 Å². The molecule has 0 atom stereocenters. The highest BCUT2D eigenvalue weighted by atomic mass is 19.4. The Labute approximate surface area is 176 Å². The lowest BCUT2D eigenvalue weighted by Crippen LogP contribution is -2.10. The number of ether oxygens (including phenoxy) is 2. The lowest BCUT2D eigenvalue weighted by molar-refractivity contribution is -0.138. The van der Waals surface area contributed by atoms with Crippen molar-refractivity contribution in [3.63, 3.8) is 0 Å². The minimum atomic E-state index is -5.33. The highest BCUT2D eigenvalue weighted by Gasteiger charge is 2.38. The standard InChI is InChI=1S/C19H8F10N2O2/c20-6-3-9(13(24)16(30)11(6)22)32-8-2-1-5(19(27,28)29)18(15(8)26)33-10-4-7(21)12(23)17(31)14(10)25/h1-4H,30-31H2. The molecule has 0 unspecified atom stereocenters. The van der Waals surface area contributed by atoms with E-state index in [9.17, 15) is 43.9 Å². The molecule has 0 aliphatic carbocycles. The molecule has 4 nitrogen and oxygen atoms in total. The van der Waals surface area contributed by atoms with Crippen LogP contribution in [0, 0.1) is 40.7 Å². The van der Waals surface area contributed by atoms with Gasteiger partial charge in [0.05, 0.1) is 0 Å². The minimum absolute atomic E-state index is 0.0378. The molecule has 0 aromatic heterocycles. The van der Waals surface area contributed by atoms with Crippen LogP contribution in [0.4, 0.5) is 55.3 Å². The molecule has 0 saturated carbocycles. The Hall–Kier alpha value is -3.84. The lowest BCUT2D eigenvalue weighted by atomic mass is 10.1. The van der Waals surface area contributed by atoms with Crippen molar-refractivity contribution in [3.8, 4) is 23.0 Å². The van der Waals surface area contributed by atoms with E-state index in [2.05, 4.69) is 9.47 Å². The molecule has 0 saturated heterocycles. The molecule has 0 bridgehead atoms. The normalized spacial score (nSPS) is 11.6. The maximum absolute atomic E-state index is 14.9. The summed E-state index contributed by atoms with van der Waals surface area (Å²) in [5.41, 5.74) is 5.24. The van der Waals surface area contributed by atoms with Crippen LogP contribution < -0.4 is 20.9 Å². The Morgan fingerprint density at radius 3 is 1.48 bits per heavy atom. The van der Waals surface area contributed by atoms with Gasteiger partial charge in [0.2, 0.25) is 5.82 Å². The minimum Gasteiger partial charge on any atom is -0.451 e. The summed E-state index contributed by atoms with van der Waals surface area (Å²) >= 11 is 0. The third kappa shape index (κ3) is 4.27. The predicted molar refractivity (Wildman–Crippen MR) is 93.0 cm³/mol. The SMILES string of the molecule is Nc1c(F)c(F)cc(Oc2ccc(C(F)(F)F)c(Oc3cc(F)c(F)c(N)c3F)c2F)c1F. The number of rotatable bonds is 4. The van der Waals surface area contributed by atoms with Gasteiger partial charge < -0.3 is 20.9 Å². The number of benzene rings is 3. The third-order valence-electron chi connectivity index (χ3n) is 4.11. The molecule has 0 aliphatic heterocycles. The summed E-state index contributed by atoms with van der Waals surface area (Å²) < 4.78 is 146. The van der Waals surface area contributed by atoms with Gasteiger partial charge in [-0.2, -0.15) is 17.6 Å². The van der Waals surface area contributed by atoms with Crippen LogP contribution in [-0.2, 0) is 6.18 Å². The zero-order valence-electron chi connectivity index (χ0n) is 15.6. The number of nitrogens with two attached hydrogens (primary N) is 2. The largest absolute Gasteiger partial charge is 0.451 e. The Balaban J connectivity index is 2.16. The van der Waals surface area contributed by atoms with Gasteiger partial charge in [0.15, 0.2) is 57.9 Å². The van der Waals surface area contributed by atoms with E-state index in [1.54, 1.807) is 0 Å². The van der Waals surface area contributed by atoms with Crippen molar-refractivity contribution in [2.75, 3.05) is 11.5 Å². The van der Waals surface area contributed by atoms with E-state index in [1.807, 2.05) is 0 Å². The number of halogens is 10. The lowest BCUT2D eigenvalue weighted by Gasteiger charge is -2.18. The van der Waals surface area contributed by atoms with Crippen LogP contribution in [0.5, 0.6) is 23.0 Å². The van der Waals surface area contributed by atoms with E-state index >= 15 is 0 Å². The van der Waals surface area contributed by atoms with Crippen molar-refractivity contribution in [3.05, 3.63) is 70.5 Å². The second-order valence-electron chi connectivity index (χ2n) is 6.25. The van der Waals surface area contributed by atoms with Gasteiger partial charge in [-0.3, -0.25) is 0 Å². The first kappa shape index (κ1) is 23.8. The highest BCUT2D eigenvalue weighted by molar-refractivity contribution is 5.53. The number of nitrogen functional groups attached to an aromatic ring is 2. The summed E-state index contributed by atoms with van der Waals surface area (Å²) in [4.78, 5) is 0. The summed E-state index contributed by atoms with van der Waals surface area (Å²) in [6.45, 7) is 0. The summed E-state index contributed by atoms with van der Waals surface area (Å²) in [5.74, 6) is -18.5. The third-order valence-corrected chi connectivity index (χ3v) is 4.11. The Kier molecular flexibility index (Phi) is 5.96. The van der Waals surface area contributed by atoms with Crippen LogP contribution in [0.2, 0.25) is 0 Å². The highest BCUT2D eigenvalue weighted by Crippen LogP contribution is 2.45. The van der Waals surface area contributed by atoms with Gasteiger partial charge in [-0.25, -0.2) is 26.3 Å². The van der Waals surface area contributed by atoms with Crippen LogP contribution in [0.25, 0.3) is 0 Å². The molecule has 0 amide bonds. The Morgan fingerprint density at radius 2 is 1.03 bits per heavy atom. The summed E-state index contributed by atoms with van der Waals surface area (Å²) in [7, 11) is 0. The fourth-order valence-corrected chi connectivity index (χ4v) is 2.52. The fraction of sp³-hybridized carbons (Fsp3) is 0.0526. The molecule has 0 aliphatic rings. The quantitative estimate of drug-likeness (QED) is 0.254. The molecular weight excluding hydrogens is 478 g/mol. The monoisotopic (exact) mass is 486 g/mol. The molecule has 0 fully saturated rings. The van der Waals surface area contributed by atoms with Crippen LogP contribution >= 0.6 is 0 Å². The number of anilines is 2. The van der Waals surface area contributed by atoms with Crippen molar-refractivity contribution in [1.82, 2.24) is 0 Å². The molecule has 3 aromatic carbocycles. The van der Waals surface area contributed by atoms with E-state index < -0.39 is 86.8 Å². The van der Waals surface area contributed by atoms with Gasteiger partial charge in [0.1, 0.15) is 16.9 Å². The van der Waals surface area contributed by atoms with E-state index in [-0.39, 0.29) is 18.2 Å². The second kappa shape index (κ2) is 8.26. The van der Waals surface area contributed by atoms with E-state index in [0.717, 1.165) is 0 Å². The molecule has 176 valence electrons. The van der Waals surface area contributed by atoms with Gasteiger partial charge in [-0.05, 0) is 12.1 Å². The van der Waals surface area contributed by atoms with Gasteiger partial charge in [-0.15, -0.1) is 0 Å². The molecule has 4 N–H and O–H groups in total. The smallest absolute Gasteiger partial charge is 0.420 e. The predicted octanol–water partition coefficient (Wildman–Crippen LogP) is 6.43. The zero-order valence-corrected chi connectivity index (χ0v) is 15.6. The molecular formula is C19H8F10N2O2. The number of alkyl halides is 3. The molecule has 14 heteroatoms. The first-order valence-corrected chi connectivity index (χ1v) is 8.35. The fourth-order valence-electron chi connectivity index (χ4n) is 2.52. The van der Waals surface area contributed by atoms with Crippen molar-refractivity contribution < 1.29 is 53.4 Å². The van der Waals surface area contributed by atoms with Gasteiger partial charge in [0, 0.05) is 12.1 Å². The molecule has 3 aromatic rings. The zero-order chi connectivity index (χ0) is 24.8. The average molecular weight is 486 g/mol. The van der Waals surface area contributed by atoms with E-state index in [0.29, 0.717) is 6.07 Å². The maximum Gasteiger partial charge on any atom is 0.420 e. The van der Waals surface area contributed by atoms with Crippen molar-refractivity contribution in [1.29, 1.82) is 0 Å².